The second kappa shape index (κ2) is 10.0. The highest BCUT2D eigenvalue weighted by molar-refractivity contribution is 6.02. The Kier molecular flexibility index (Phi) is 6.93. The average Bonchev–Trinajstić information content (AvgIpc) is 3.65. The van der Waals surface area contributed by atoms with Crippen molar-refractivity contribution < 1.29 is 37.5 Å². The molecule has 3 amide bonds. The highest BCUT2D eigenvalue weighted by Gasteiger charge is 2.50. The Labute approximate surface area is 216 Å². The number of ketones is 1. The second-order valence-corrected chi connectivity index (χ2v) is 10.4. The lowest BCUT2D eigenvalue weighted by molar-refractivity contribution is -0.136. The van der Waals surface area contributed by atoms with Crippen molar-refractivity contribution >= 4 is 34.4 Å². The molecule has 12 heteroatoms. The molecule has 3 fully saturated rings. The van der Waals surface area contributed by atoms with Crippen molar-refractivity contribution in [2.24, 2.45) is 17.8 Å². The van der Waals surface area contributed by atoms with E-state index < -0.39 is 53.9 Å². The molecular formula is C26H29F3N4O5. The number of hydrogen-bond acceptors (Lipinski definition) is 5. The lowest BCUT2D eigenvalue weighted by atomic mass is 9.92. The van der Waals surface area contributed by atoms with Crippen LogP contribution in [0.5, 0.6) is 0 Å². The molecule has 1 aromatic heterocycles. The van der Waals surface area contributed by atoms with Gasteiger partial charge in [-0.25, -0.2) is 0 Å². The van der Waals surface area contributed by atoms with Crippen LogP contribution in [-0.4, -0.2) is 70.3 Å². The van der Waals surface area contributed by atoms with E-state index in [0.717, 1.165) is 18.9 Å². The smallest absolute Gasteiger partial charge is 0.389 e. The molecule has 1 aromatic carbocycles. The third-order valence-corrected chi connectivity index (χ3v) is 8.16. The summed E-state index contributed by atoms with van der Waals surface area (Å²) in [6.07, 6.45) is -1.67. The quantitative estimate of drug-likeness (QED) is 0.432. The second-order valence-electron chi connectivity index (χ2n) is 10.4. The van der Waals surface area contributed by atoms with E-state index in [1.807, 2.05) is 0 Å². The predicted octanol–water partition coefficient (Wildman–Crippen LogP) is 2.00. The van der Waals surface area contributed by atoms with Crippen LogP contribution in [-0.2, 0) is 20.6 Å². The highest BCUT2D eigenvalue weighted by atomic mass is 19.4. The molecule has 0 radical (unpaired) electrons. The minimum atomic E-state index is -4.60. The Hall–Kier alpha value is -3.41. The Balaban J connectivity index is 1.41. The Morgan fingerprint density at radius 3 is 2.66 bits per heavy atom. The number of rotatable bonds is 7. The van der Waals surface area contributed by atoms with Gasteiger partial charge in [0.1, 0.15) is 18.3 Å². The third-order valence-electron chi connectivity index (χ3n) is 8.16. The summed E-state index contributed by atoms with van der Waals surface area (Å²) in [5.74, 6) is -2.60. The molecule has 1 aliphatic carbocycles. The van der Waals surface area contributed by atoms with Gasteiger partial charge >= 0.3 is 6.18 Å². The summed E-state index contributed by atoms with van der Waals surface area (Å²) in [4.78, 5) is 55.8. The van der Waals surface area contributed by atoms with Gasteiger partial charge in [0.25, 0.3) is 5.91 Å². The molecule has 0 bridgehead atoms. The Morgan fingerprint density at radius 1 is 1.18 bits per heavy atom. The van der Waals surface area contributed by atoms with Crippen LogP contribution in [0.4, 0.5) is 13.2 Å². The van der Waals surface area contributed by atoms with Crippen molar-refractivity contribution in [2.75, 3.05) is 19.7 Å². The molecule has 1 saturated carbocycles. The third kappa shape index (κ3) is 4.77. The maximum Gasteiger partial charge on any atom is 0.417 e. The molecule has 9 nitrogen and oxygen atoms in total. The molecule has 38 heavy (non-hydrogen) atoms. The summed E-state index contributed by atoms with van der Waals surface area (Å²) in [5.41, 5.74) is -0.758. The van der Waals surface area contributed by atoms with Gasteiger partial charge in [0, 0.05) is 29.9 Å². The number of aromatic nitrogens is 1. The van der Waals surface area contributed by atoms with Gasteiger partial charge in [0.2, 0.25) is 11.8 Å². The van der Waals surface area contributed by atoms with Crippen LogP contribution in [0.15, 0.2) is 24.3 Å². The molecule has 2 aromatic rings. The number of H-pyrrole nitrogens is 1. The largest absolute Gasteiger partial charge is 0.417 e. The van der Waals surface area contributed by atoms with Gasteiger partial charge in [-0.1, -0.05) is 12.5 Å². The van der Waals surface area contributed by atoms with E-state index in [2.05, 4.69) is 15.6 Å². The Bertz CT molecular complexity index is 1280. The van der Waals surface area contributed by atoms with Gasteiger partial charge in [-0.2, -0.15) is 13.2 Å². The molecule has 204 valence electrons. The number of aromatic amines is 1. The molecule has 2 aliphatic heterocycles. The van der Waals surface area contributed by atoms with Crippen LogP contribution >= 0.6 is 0 Å². The van der Waals surface area contributed by atoms with Crippen molar-refractivity contribution in [3.8, 4) is 0 Å². The molecule has 2 saturated heterocycles. The van der Waals surface area contributed by atoms with Crippen molar-refractivity contribution in [3.63, 3.8) is 0 Å². The topological polar surface area (TPSA) is 132 Å². The first kappa shape index (κ1) is 26.2. The van der Waals surface area contributed by atoms with Crippen LogP contribution in [0.3, 0.4) is 0 Å². The van der Waals surface area contributed by atoms with Crippen LogP contribution < -0.4 is 10.6 Å². The summed E-state index contributed by atoms with van der Waals surface area (Å²) in [5, 5.41) is 14.7. The normalized spacial score (nSPS) is 25.9. The van der Waals surface area contributed by atoms with Gasteiger partial charge in [-0.15, -0.1) is 0 Å². The number of carbonyl (C=O) groups excluding carboxylic acids is 4. The van der Waals surface area contributed by atoms with E-state index >= 15 is 0 Å². The van der Waals surface area contributed by atoms with Crippen molar-refractivity contribution in [2.45, 2.75) is 50.4 Å². The number of Topliss-reactive ketones (excluding diaryl/α,β-unsaturated/α-hetero) is 1. The Morgan fingerprint density at radius 2 is 1.97 bits per heavy atom. The SMILES string of the molecule is O=C1NCC[C@H]1C[C@H](NC(=O)[C@@H]1[C@H]2CCC[C@H]2CN1C(=O)c1cc2c(C(F)(F)F)cccc2[nH]1)C(=O)CO. The standard InChI is InChI=1S/C26H29F3N4O5/c27-26(28,29)17-5-2-6-18-16(17)10-20(31-18)25(38)33-11-14-3-1-4-15(14)22(33)24(37)32-19(21(35)12-34)9-13-7-8-30-23(13)36/h2,5-6,10,13-15,19,22,31,34H,1,3-4,7-9,11-12H2,(H,30,36)(H,32,37)/t13-,14-,15-,19-,22-/m0/s1. The molecule has 5 rings (SSSR count). The first-order valence-electron chi connectivity index (χ1n) is 12.8. The number of amides is 3. The van der Waals surface area contributed by atoms with Crippen LogP contribution in [0.25, 0.3) is 10.9 Å². The number of fused-ring (bicyclic) bond motifs is 2. The summed E-state index contributed by atoms with van der Waals surface area (Å²) < 4.78 is 40.5. The van der Waals surface area contributed by atoms with E-state index in [1.165, 1.54) is 23.1 Å². The fourth-order valence-corrected chi connectivity index (χ4v) is 6.32. The monoisotopic (exact) mass is 534 g/mol. The maximum atomic E-state index is 13.6. The van der Waals surface area contributed by atoms with Crippen molar-refractivity contribution in [1.29, 1.82) is 0 Å². The lowest BCUT2D eigenvalue weighted by Gasteiger charge is -2.29. The number of nitrogens with zero attached hydrogens (tertiary/aromatic N) is 1. The number of alkyl halides is 3. The fourth-order valence-electron chi connectivity index (χ4n) is 6.32. The molecule has 3 heterocycles. The van der Waals surface area contributed by atoms with E-state index in [9.17, 15) is 37.5 Å². The summed E-state index contributed by atoms with van der Waals surface area (Å²) in [7, 11) is 0. The summed E-state index contributed by atoms with van der Waals surface area (Å²) >= 11 is 0. The minimum absolute atomic E-state index is 0.0357. The number of likely N-dealkylation sites (tertiary alicyclic amines) is 1. The number of aliphatic hydroxyl groups excluding tert-OH is 1. The number of aliphatic hydroxyl groups is 1. The summed E-state index contributed by atoms with van der Waals surface area (Å²) in [6, 6.07) is 2.81. The number of halogens is 3. The number of hydrogen-bond donors (Lipinski definition) is 4. The highest BCUT2D eigenvalue weighted by Crippen LogP contribution is 2.43. The lowest BCUT2D eigenvalue weighted by Crippen LogP contribution is -2.53. The number of benzene rings is 1. The van der Waals surface area contributed by atoms with Gasteiger partial charge in [0.15, 0.2) is 5.78 Å². The zero-order chi connectivity index (χ0) is 27.2. The van der Waals surface area contributed by atoms with E-state index in [0.29, 0.717) is 19.4 Å². The first-order chi connectivity index (χ1) is 18.1. The van der Waals surface area contributed by atoms with Crippen molar-refractivity contribution in [3.05, 3.63) is 35.5 Å². The first-order valence-corrected chi connectivity index (χ1v) is 12.8. The van der Waals surface area contributed by atoms with Crippen LogP contribution in [0.2, 0.25) is 0 Å². The molecule has 0 unspecified atom stereocenters. The van der Waals surface area contributed by atoms with E-state index in [4.69, 9.17) is 0 Å². The van der Waals surface area contributed by atoms with E-state index in [1.54, 1.807) is 0 Å². The van der Waals surface area contributed by atoms with Gasteiger partial charge in [-0.3, -0.25) is 19.2 Å². The molecule has 5 atom stereocenters. The van der Waals surface area contributed by atoms with Gasteiger partial charge < -0.3 is 25.6 Å². The number of nitrogens with one attached hydrogen (secondary N) is 3. The zero-order valence-corrected chi connectivity index (χ0v) is 20.5. The van der Waals surface area contributed by atoms with Crippen LogP contribution in [0.1, 0.15) is 48.2 Å². The minimum Gasteiger partial charge on any atom is -0.389 e. The van der Waals surface area contributed by atoms with E-state index in [-0.39, 0.29) is 47.3 Å². The number of carbonyl (C=O) groups is 4. The predicted molar refractivity (Wildman–Crippen MR) is 129 cm³/mol. The average molecular weight is 535 g/mol. The van der Waals surface area contributed by atoms with Gasteiger partial charge in [0.05, 0.1) is 11.6 Å². The fraction of sp³-hybridized carbons (Fsp3) is 0.538. The molecule has 0 spiro atoms. The van der Waals surface area contributed by atoms with Gasteiger partial charge in [-0.05, 0) is 55.7 Å². The summed E-state index contributed by atoms with van der Waals surface area (Å²) in [6.45, 7) is -0.0747. The molecular weight excluding hydrogens is 505 g/mol. The maximum absolute atomic E-state index is 13.6. The zero-order valence-electron chi connectivity index (χ0n) is 20.5. The molecule has 4 N–H and O–H groups in total. The van der Waals surface area contributed by atoms with Crippen molar-refractivity contribution in [1.82, 2.24) is 20.5 Å². The molecule has 3 aliphatic rings. The van der Waals surface area contributed by atoms with Crippen LogP contribution in [0, 0.1) is 17.8 Å².